The molecule has 0 radical (unpaired) electrons. The number of aliphatic imine (C=N–C) groups is 1. The predicted octanol–water partition coefficient (Wildman–Crippen LogP) is 4.35. The van der Waals surface area contributed by atoms with Gasteiger partial charge in [-0.05, 0) is 38.1 Å². The number of hydrogen-bond donors (Lipinski definition) is 1. The highest BCUT2D eigenvalue weighted by Gasteiger charge is 2.48. The number of nitrogens with zero attached hydrogens (tertiary/aromatic N) is 4. The molecule has 5 rings (SSSR count). The van der Waals surface area contributed by atoms with E-state index in [4.69, 9.17) is 4.74 Å². The summed E-state index contributed by atoms with van der Waals surface area (Å²) in [5.74, 6) is -6.62. The number of anilines is 2. The molecule has 0 bridgehead atoms. The number of halogens is 5. The van der Waals surface area contributed by atoms with Crippen LogP contribution in [0.3, 0.4) is 0 Å². The van der Waals surface area contributed by atoms with Gasteiger partial charge in [0.05, 0.1) is 11.4 Å². The van der Waals surface area contributed by atoms with E-state index in [0.717, 1.165) is 6.21 Å². The Morgan fingerprint density at radius 2 is 1.91 bits per heavy atom. The molecule has 232 valence electrons. The Balaban J connectivity index is 1.39. The summed E-state index contributed by atoms with van der Waals surface area (Å²) in [7, 11) is 1.96. The Labute approximate surface area is 245 Å². The maximum Gasteiger partial charge on any atom is 0.410 e. The molecule has 43 heavy (non-hydrogen) atoms. The zero-order valence-corrected chi connectivity index (χ0v) is 23.7. The molecular formula is C29H32F5N5O4. The van der Waals surface area contributed by atoms with E-state index in [0.29, 0.717) is 37.0 Å². The molecule has 1 saturated carbocycles. The van der Waals surface area contributed by atoms with E-state index in [2.05, 4.69) is 15.2 Å². The lowest BCUT2D eigenvalue weighted by molar-refractivity contribution is -0.147. The minimum atomic E-state index is -3.06. The van der Waals surface area contributed by atoms with Crippen LogP contribution < -0.4 is 10.2 Å². The number of likely N-dealkylation sites (N-methyl/N-ethyl adjacent to an activating group) is 1. The van der Waals surface area contributed by atoms with Crippen LogP contribution in [0.25, 0.3) is 5.57 Å². The lowest BCUT2D eigenvalue weighted by Crippen LogP contribution is -2.50. The van der Waals surface area contributed by atoms with Crippen LogP contribution in [0.2, 0.25) is 0 Å². The second kappa shape index (κ2) is 12.1. The van der Waals surface area contributed by atoms with Crippen LogP contribution in [0.15, 0.2) is 34.9 Å². The smallest absolute Gasteiger partial charge is 0.410 e. The molecule has 1 unspecified atom stereocenters. The Hall–Kier alpha value is -3.81. The third-order valence-corrected chi connectivity index (χ3v) is 8.31. The maximum atomic E-state index is 15.7. The van der Waals surface area contributed by atoms with Gasteiger partial charge < -0.3 is 24.8 Å². The second-order valence-electron chi connectivity index (χ2n) is 11.3. The van der Waals surface area contributed by atoms with Crippen molar-refractivity contribution in [2.24, 2.45) is 10.9 Å². The first-order valence-corrected chi connectivity index (χ1v) is 14.0. The Kier molecular flexibility index (Phi) is 8.59. The number of hydrogen-bond acceptors (Lipinski definition) is 6. The molecule has 1 N–H and O–H groups in total. The predicted molar refractivity (Wildman–Crippen MR) is 149 cm³/mol. The minimum Gasteiger partial charge on any atom is -0.446 e. The van der Waals surface area contributed by atoms with Crippen molar-refractivity contribution < 1.29 is 41.1 Å². The highest BCUT2D eigenvalue weighted by molar-refractivity contribution is 6.11. The van der Waals surface area contributed by atoms with Crippen LogP contribution in [-0.4, -0.2) is 98.2 Å². The van der Waals surface area contributed by atoms with E-state index >= 15 is 4.39 Å². The molecule has 3 heterocycles. The molecule has 4 aliphatic rings. The molecule has 1 aromatic carbocycles. The van der Waals surface area contributed by atoms with Crippen molar-refractivity contribution in [3.8, 4) is 0 Å². The van der Waals surface area contributed by atoms with Gasteiger partial charge in [-0.25, -0.2) is 31.7 Å². The molecule has 2 fully saturated rings. The normalized spacial score (nSPS) is 24.4. The highest BCUT2D eigenvalue weighted by Crippen LogP contribution is 2.40. The summed E-state index contributed by atoms with van der Waals surface area (Å²) in [6.45, 7) is 3.93. The summed E-state index contributed by atoms with van der Waals surface area (Å²) in [6.07, 6.45) is -2.27. The topological polar surface area (TPSA) is 94.5 Å². The van der Waals surface area contributed by atoms with Crippen molar-refractivity contribution in [1.29, 1.82) is 0 Å². The summed E-state index contributed by atoms with van der Waals surface area (Å²) in [4.78, 5) is 46.1. The number of piperazine rings is 1. The van der Waals surface area contributed by atoms with E-state index in [1.54, 1.807) is 6.08 Å². The molecule has 1 aromatic rings. The number of ether oxygens (including phenoxy) is 1. The number of carbonyl (C=O) groups excluding carboxylic acids is 3. The lowest BCUT2D eigenvalue weighted by Gasteiger charge is -2.40. The van der Waals surface area contributed by atoms with Crippen molar-refractivity contribution in [2.45, 2.75) is 50.7 Å². The van der Waals surface area contributed by atoms with Crippen LogP contribution in [0.4, 0.5) is 38.1 Å². The molecule has 0 aromatic heterocycles. The summed E-state index contributed by atoms with van der Waals surface area (Å²) in [5, 5.41) is 2.67. The molecular weight excluding hydrogens is 577 g/mol. The van der Waals surface area contributed by atoms with Gasteiger partial charge in [0.2, 0.25) is 5.91 Å². The van der Waals surface area contributed by atoms with Crippen molar-refractivity contribution in [1.82, 2.24) is 9.80 Å². The Bertz CT molecular complexity index is 1390. The molecule has 1 aliphatic carbocycles. The average Bonchev–Trinajstić information content (AvgIpc) is 2.94. The Morgan fingerprint density at radius 3 is 2.53 bits per heavy atom. The van der Waals surface area contributed by atoms with Gasteiger partial charge in [0.15, 0.2) is 0 Å². The van der Waals surface area contributed by atoms with E-state index in [1.807, 2.05) is 18.9 Å². The van der Waals surface area contributed by atoms with E-state index in [-0.39, 0.29) is 36.8 Å². The van der Waals surface area contributed by atoms with Gasteiger partial charge in [0.25, 0.3) is 18.3 Å². The van der Waals surface area contributed by atoms with Gasteiger partial charge >= 0.3 is 6.09 Å². The monoisotopic (exact) mass is 609 g/mol. The lowest BCUT2D eigenvalue weighted by atomic mass is 9.91. The molecule has 3 aliphatic heterocycles. The third kappa shape index (κ3) is 6.73. The van der Waals surface area contributed by atoms with Gasteiger partial charge in [-0.1, -0.05) is 6.08 Å². The fourth-order valence-electron chi connectivity index (χ4n) is 5.56. The SMILES string of the molecule is C[C@H]1CN(c2cc(F)c(C3=CCN(C(=O)OC4CC(F)(F)C4)CC3)cc2NC(=O)C2C=NC(=O)C=C2C(F)F)CCN1C. The summed E-state index contributed by atoms with van der Waals surface area (Å²) in [6, 6.07) is 2.85. The quantitative estimate of drug-likeness (QED) is 0.483. The summed E-state index contributed by atoms with van der Waals surface area (Å²) >= 11 is 0. The zero-order valence-electron chi connectivity index (χ0n) is 23.7. The zero-order chi connectivity index (χ0) is 31.1. The van der Waals surface area contributed by atoms with E-state index in [1.165, 1.54) is 17.0 Å². The van der Waals surface area contributed by atoms with Crippen molar-refractivity contribution in [3.05, 3.63) is 41.2 Å². The Morgan fingerprint density at radius 1 is 1.16 bits per heavy atom. The number of rotatable bonds is 6. The molecule has 9 nitrogen and oxygen atoms in total. The molecule has 1 saturated heterocycles. The third-order valence-electron chi connectivity index (χ3n) is 8.31. The highest BCUT2D eigenvalue weighted by atomic mass is 19.3. The number of alkyl halides is 4. The number of dihydropyridines is 1. The summed E-state index contributed by atoms with van der Waals surface area (Å²) in [5.41, 5.74) is 0.598. The molecule has 0 spiro atoms. The first kappa shape index (κ1) is 30.6. The van der Waals surface area contributed by atoms with E-state index in [9.17, 15) is 31.9 Å². The van der Waals surface area contributed by atoms with Crippen LogP contribution in [-0.2, 0) is 14.3 Å². The average molecular weight is 610 g/mol. The van der Waals surface area contributed by atoms with Crippen LogP contribution in [0, 0.1) is 11.7 Å². The number of benzene rings is 1. The number of nitrogens with one attached hydrogen (secondary N) is 1. The van der Waals surface area contributed by atoms with Crippen LogP contribution in [0.5, 0.6) is 0 Å². The number of amides is 3. The first-order chi connectivity index (χ1) is 20.3. The summed E-state index contributed by atoms with van der Waals surface area (Å²) < 4.78 is 74.3. The van der Waals surface area contributed by atoms with Crippen molar-refractivity contribution >= 4 is 41.1 Å². The van der Waals surface area contributed by atoms with E-state index < -0.39 is 66.5 Å². The molecule has 2 atom stereocenters. The molecule has 3 amide bonds. The van der Waals surface area contributed by atoms with Crippen molar-refractivity contribution in [2.75, 3.05) is 50.0 Å². The van der Waals surface area contributed by atoms with Crippen LogP contribution in [0.1, 0.15) is 31.7 Å². The first-order valence-electron chi connectivity index (χ1n) is 14.0. The second-order valence-corrected chi connectivity index (χ2v) is 11.3. The van der Waals surface area contributed by atoms with Gasteiger partial charge in [-0.15, -0.1) is 0 Å². The maximum absolute atomic E-state index is 15.7. The fraction of sp³-hybridized carbons (Fsp3) is 0.517. The standard InChI is InChI=1S/C29H32F5N5O4/c1-16-15-39(8-7-37(16)2)24-11-22(30)19(9-23(24)36-27(41)21-14-35-25(40)10-20(21)26(31)32)17-3-5-38(6-4-17)28(42)43-18-12-29(33,34)13-18/h3,9-11,14,16,18,21,26H,4-8,12-13,15H2,1-2H3,(H,36,41)/t16-,21?/m0/s1. The van der Waals surface area contributed by atoms with Gasteiger partial charge in [-0.2, -0.15) is 0 Å². The largest absolute Gasteiger partial charge is 0.446 e. The number of carbonyl (C=O) groups is 3. The minimum absolute atomic E-state index is 0.0608. The fourth-order valence-corrected chi connectivity index (χ4v) is 5.56. The van der Waals surface area contributed by atoms with Crippen LogP contribution >= 0.6 is 0 Å². The molecule has 14 heteroatoms. The van der Waals surface area contributed by atoms with Gasteiger partial charge in [-0.3, -0.25) is 9.59 Å². The van der Waals surface area contributed by atoms with Crippen molar-refractivity contribution in [3.63, 3.8) is 0 Å². The van der Waals surface area contributed by atoms with Gasteiger partial charge in [0.1, 0.15) is 17.8 Å². The van der Waals surface area contributed by atoms with Gasteiger partial charge in [0, 0.05) is 75.0 Å².